The van der Waals surface area contributed by atoms with E-state index in [1.165, 1.54) is 6.07 Å². The number of halogens is 3. The van der Waals surface area contributed by atoms with Crippen LogP contribution in [0.25, 0.3) is 11.3 Å². The Labute approximate surface area is 210 Å². The lowest BCUT2D eigenvalue weighted by molar-refractivity contribution is 0.247. The van der Waals surface area contributed by atoms with E-state index < -0.39 is 16.1 Å². The van der Waals surface area contributed by atoms with Gasteiger partial charge in [-0.15, -0.1) is 11.3 Å². The lowest BCUT2D eigenvalue weighted by atomic mass is 9.92. The second-order valence-corrected chi connectivity index (χ2v) is 11.9. The molecule has 0 spiro atoms. The lowest BCUT2D eigenvalue weighted by Gasteiger charge is -2.19. The number of allylic oxidation sites excluding steroid dienone is 1. The quantitative estimate of drug-likeness (QED) is 0.436. The van der Waals surface area contributed by atoms with Gasteiger partial charge >= 0.3 is 6.03 Å². The van der Waals surface area contributed by atoms with Gasteiger partial charge in [0.1, 0.15) is 4.21 Å². The van der Waals surface area contributed by atoms with Gasteiger partial charge in [0.05, 0.1) is 26.9 Å². The zero-order valence-electron chi connectivity index (χ0n) is 17.4. The molecule has 2 heterocycles. The maximum Gasteiger partial charge on any atom is 0.328 e. The molecule has 0 atom stereocenters. The molecule has 0 fully saturated rings. The Balaban J connectivity index is 1.49. The van der Waals surface area contributed by atoms with Crippen LogP contribution in [0, 0.1) is 6.92 Å². The maximum atomic E-state index is 12.4. The van der Waals surface area contributed by atoms with Crippen molar-refractivity contribution in [1.82, 2.24) is 19.8 Å². The number of fused-ring (bicyclic) bond motifs is 1. The number of aromatic nitrogens is 2. The Bertz CT molecular complexity index is 1340. The van der Waals surface area contributed by atoms with Gasteiger partial charge in [0, 0.05) is 11.6 Å². The number of aryl methyl sites for hydroxylation is 2. The molecule has 0 saturated carbocycles. The molecule has 0 bridgehead atoms. The molecule has 2 aromatic heterocycles. The van der Waals surface area contributed by atoms with Gasteiger partial charge in [-0.05, 0) is 67.2 Å². The number of benzene rings is 1. The molecule has 1 aliphatic rings. The summed E-state index contributed by atoms with van der Waals surface area (Å²) in [6.07, 6.45) is 6.29. The van der Waals surface area contributed by atoms with Gasteiger partial charge < -0.3 is 5.32 Å². The normalized spacial score (nSPS) is 14.8. The highest BCUT2D eigenvalue weighted by Gasteiger charge is 2.23. The summed E-state index contributed by atoms with van der Waals surface area (Å²) < 4.78 is 28.9. The van der Waals surface area contributed by atoms with Crippen molar-refractivity contribution in [1.29, 1.82) is 0 Å². The molecule has 0 unspecified atom stereocenters. The number of nitrogens with zero attached hydrogens (tertiary/aromatic N) is 2. The number of amides is 2. The molecule has 3 aromatic rings. The lowest BCUT2D eigenvalue weighted by Crippen LogP contribution is -2.39. The van der Waals surface area contributed by atoms with Gasteiger partial charge in [-0.2, -0.15) is 5.10 Å². The van der Waals surface area contributed by atoms with Crippen LogP contribution in [0.15, 0.2) is 40.7 Å². The van der Waals surface area contributed by atoms with E-state index in [4.69, 9.17) is 34.8 Å². The summed E-state index contributed by atoms with van der Waals surface area (Å²) in [5.74, 6) is 0. The van der Waals surface area contributed by atoms with Gasteiger partial charge in [0.25, 0.3) is 10.0 Å². The van der Waals surface area contributed by atoms with E-state index in [9.17, 15) is 13.2 Å². The minimum atomic E-state index is -4.00. The van der Waals surface area contributed by atoms with E-state index in [-0.39, 0.29) is 10.8 Å². The number of hydrogen-bond acceptors (Lipinski definition) is 5. The Kier molecular flexibility index (Phi) is 7.07. The Morgan fingerprint density at radius 3 is 2.73 bits per heavy atom. The third-order valence-corrected chi connectivity index (χ3v) is 9.01. The minimum absolute atomic E-state index is 0.0147. The Hall–Kier alpha value is -2.04. The highest BCUT2D eigenvalue weighted by Crippen LogP contribution is 2.34. The summed E-state index contributed by atoms with van der Waals surface area (Å²) in [4.78, 5) is 12.2. The van der Waals surface area contributed by atoms with Gasteiger partial charge in [-0.25, -0.2) is 22.6 Å². The number of urea groups is 1. The molecule has 0 radical (unpaired) electrons. The van der Waals surface area contributed by atoms with E-state index in [2.05, 4.69) is 10.4 Å². The SMILES string of the molecule is Cc1cc(S(=O)(=O)NC(=O)NCC=C2CCCc3cnn(-c4ccc(Cl)cc4Cl)c32)sc1Cl. The first kappa shape index (κ1) is 24.1. The molecule has 0 saturated heterocycles. The van der Waals surface area contributed by atoms with Gasteiger partial charge in [0.15, 0.2) is 0 Å². The number of nitrogens with one attached hydrogen (secondary N) is 2. The van der Waals surface area contributed by atoms with Gasteiger partial charge in [-0.1, -0.05) is 40.9 Å². The predicted octanol–water partition coefficient (Wildman–Crippen LogP) is 5.61. The maximum absolute atomic E-state index is 12.4. The van der Waals surface area contributed by atoms with E-state index >= 15 is 0 Å². The summed E-state index contributed by atoms with van der Waals surface area (Å²) in [7, 11) is -4.00. The van der Waals surface area contributed by atoms with Crippen molar-refractivity contribution in [3.8, 4) is 5.69 Å². The summed E-state index contributed by atoms with van der Waals surface area (Å²) in [5, 5.41) is 8.08. The molecule has 7 nitrogen and oxygen atoms in total. The molecule has 12 heteroatoms. The molecular weight excluding hydrogens is 527 g/mol. The van der Waals surface area contributed by atoms with E-state index in [0.717, 1.165) is 47.4 Å². The van der Waals surface area contributed by atoms with Gasteiger partial charge in [-0.3, -0.25) is 0 Å². The molecule has 2 N–H and O–H groups in total. The average Bonchev–Trinajstić information content (AvgIpc) is 3.32. The molecular formula is C21H19Cl3N4O3S2. The standard InChI is InChI=1S/C21H19Cl3N4O3S2/c1-12-9-18(32-20(12)24)33(30,31)27-21(29)25-8-7-13-3-2-4-14-11-26-28(19(13)14)17-6-5-15(22)10-16(17)23/h5-7,9-11H,2-4,8H2,1H3,(H2,25,27,29). The number of carbonyl (C=O) groups is 1. The molecule has 2 amide bonds. The van der Waals surface area contributed by atoms with Crippen molar-refractivity contribution in [2.45, 2.75) is 30.4 Å². The zero-order chi connectivity index (χ0) is 23.8. The molecule has 33 heavy (non-hydrogen) atoms. The van der Waals surface area contributed by atoms with Crippen LogP contribution < -0.4 is 10.0 Å². The number of hydrogen-bond donors (Lipinski definition) is 2. The van der Waals surface area contributed by atoms with Crippen molar-refractivity contribution in [2.75, 3.05) is 6.54 Å². The highest BCUT2D eigenvalue weighted by molar-refractivity contribution is 7.92. The summed E-state index contributed by atoms with van der Waals surface area (Å²) in [6.45, 7) is 1.84. The molecule has 1 aliphatic carbocycles. The second kappa shape index (κ2) is 9.68. The van der Waals surface area contributed by atoms with Crippen molar-refractivity contribution < 1.29 is 13.2 Å². The first-order valence-electron chi connectivity index (χ1n) is 9.94. The fraction of sp³-hybridized carbons (Fsp3) is 0.238. The van der Waals surface area contributed by atoms with Crippen LogP contribution in [0.2, 0.25) is 14.4 Å². The van der Waals surface area contributed by atoms with Crippen molar-refractivity contribution in [3.63, 3.8) is 0 Å². The number of thiophene rings is 1. The van der Waals surface area contributed by atoms with Crippen molar-refractivity contribution >= 4 is 67.8 Å². The van der Waals surface area contributed by atoms with Crippen LogP contribution >= 0.6 is 46.1 Å². The highest BCUT2D eigenvalue weighted by atomic mass is 35.5. The minimum Gasteiger partial charge on any atom is -0.334 e. The smallest absolute Gasteiger partial charge is 0.328 e. The van der Waals surface area contributed by atoms with Crippen molar-refractivity contribution in [3.05, 3.63) is 67.7 Å². The van der Waals surface area contributed by atoms with E-state index in [0.29, 0.717) is 25.6 Å². The van der Waals surface area contributed by atoms with Crippen LogP contribution in [0.4, 0.5) is 4.79 Å². The fourth-order valence-corrected chi connectivity index (χ4v) is 6.69. The van der Waals surface area contributed by atoms with Gasteiger partial charge in [0.2, 0.25) is 0 Å². The predicted molar refractivity (Wildman–Crippen MR) is 132 cm³/mol. The Morgan fingerprint density at radius 1 is 1.24 bits per heavy atom. The van der Waals surface area contributed by atoms with Crippen LogP contribution in [0.1, 0.15) is 29.7 Å². The number of carbonyl (C=O) groups excluding carboxylic acids is 1. The fourth-order valence-electron chi connectivity index (χ4n) is 3.57. The average molecular weight is 546 g/mol. The summed E-state index contributed by atoms with van der Waals surface area (Å²) >= 11 is 19.3. The monoisotopic (exact) mass is 544 g/mol. The van der Waals surface area contributed by atoms with E-state index in [1.807, 2.05) is 17.0 Å². The molecule has 1 aromatic carbocycles. The third-order valence-electron chi connectivity index (χ3n) is 5.12. The second-order valence-electron chi connectivity index (χ2n) is 7.45. The number of rotatable bonds is 5. The first-order valence-corrected chi connectivity index (χ1v) is 13.4. The van der Waals surface area contributed by atoms with E-state index in [1.54, 1.807) is 29.8 Å². The van der Waals surface area contributed by atoms with Crippen LogP contribution in [0.5, 0.6) is 0 Å². The van der Waals surface area contributed by atoms with Crippen LogP contribution in [-0.4, -0.2) is 30.8 Å². The van der Waals surface area contributed by atoms with Crippen molar-refractivity contribution in [2.24, 2.45) is 0 Å². The molecule has 174 valence electrons. The van der Waals surface area contributed by atoms with Crippen LogP contribution in [-0.2, 0) is 16.4 Å². The first-order chi connectivity index (χ1) is 15.7. The topological polar surface area (TPSA) is 93.1 Å². The number of sulfonamides is 1. The summed E-state index contributed by atoms with van der Waals surface area (Å²) in [5.41, 5.74) is 4.33. The zero-order valence-corrected chi connectivity index (χ0v) is 21.3. The van der Waals surface area contributed by atoms with Crippen LogP contribution in [0.3, 0.4) is 0 Å². The Morgan fingerprint density at radius 2 is 2.03 bits per heavy atom. The summed E-state index contributed by atoms with van der Waals surface area (Å²) in [6, 6.07) is 5.82. The molecule has 0 aliphatic heterocycles. The third kappa shape index (κ3) is 5.22. The molecule has 4 rings (SSSR count). The largest absolute Gasteiger partial charge is 0.334 e.